The molecule has 0 aliphatic carbocycles. The molecule has 9 heteroatoms. The van der Waals surface area contributed by atoms with Crippen molar-refractivity contribution in [2.75, 3.05) is 19.7 Å². The molecule has 1 atom stereocenters. The van der Waals surface area contributed by atoms with Crippen molar-refractivity contribution in [2.24, 2.45) is 0 Å². The number of hydrogen-bond acceptors (Lipinski definition) is 6. The molecular formula is C21H23N3O5S. The van der Waals surface area contributed by atoms with Crippen LogP contribution in [0.1, 0.15) is 29.0 Å². The van der Waals surface area contributed by atoms with Gasteiger partial charge in [-0.1, -0.05) is 30.3 Å². The number of furan rings is 1. The van der Waals surface area contributed by atoms with Crippen LogP contribution in [0.15, 0.2) is 53.1 Å². The van der Waals surface area contributed by atoms with Gasteiger partial charge in [0.2, 0.25) is 5.91 Å². The normalized spacial score (nSPS) is 15.9. The average molecular weight is 429 g/mol. The van der Waals surface area contributed by atoms with E-state index < -0.39 is 17.9 Å². The zero-order valence-corrected chi connectivity index (χ0v) is 17.2. The molecule has 0 bridgehead atoms. The number of aryl methyl sites for hydroxylation is 1. The molecule has 1 aromatic carbocycles. The van der Waals surface area contributed by atoms with Crippen molar-refractivity contribution in [3.8, 4) is 0 Å². The predicted molar refractivity (Wildman–Crippen MR) is 113 cm³/mol. The number of nitrogens with one attached hydrogen (secondary N) is 2. The molecule has 3 rings (SSSR count). The Morgan fingerprint density at radius 3 is 2.77 bits per heavy atom. The number of ether oxygens (including phenoxy) is 1. The maximum Gasteiger partial charge on any atom is 0.308 e. The number of thiocarbonyl (C=S) groups is 1. The van der Waals surface area contributed by atoms with Gasteiger partial charge in [-0.25, -0.2) is 0 Å². The second-order valence-electron chi connectivity index (χ2n) is 6.75. The fourth-order valence-electron chi connectivity index (χ4n) is 3.12. The molecule has 1 aliphatic heterocycles. The standard InChI is InChI=1S/C21H23N3O5S/c25-18(29-13-4-8-15-6-2-1-3-7-15)14-16-19(26)22-10-11-24(16)21(30)23-20(27)17-9-5-12-28-17/h1-3,5-7,9,12,16H,4,8,10-11,13-14H2,(H,22,26)(H,23,27,30). The average Bonchev–Trinajstić information content (AvgIpc) is 3.28. The van der Waals surface area contributed by atoms with Crippen LogP contribution in [0, 0.1) is 0 Å². The molecule has 1 unspecified atom stereocenters. The summed E-state index contributed by atoms with van der Waals surface area (Å²) in [4.78, 5) is 38.3. The van der Waals surface area contributed by atoms with E-state index in [-0.39, 0.29) is 29.8 Å². The lowest BCUT2D eigenvalue weighted by Crippen LogP contribution is -2.60. The van der Waals surface area contributed by atoms with Crippen LogP contribution < -0.4 is 10.6 Å². The predicted octanol–water partition coefficient (Wildman–Crippen LogP) is 1.66. The van der Waals surface area contributed by atoms with Gasteiger partial charge in [0.25, 0.3) is 5.91 Å². The SMILES string of the molecule is O=C(CC1C(=O)NCCN1C(=S)NC(=O)c1ccco1)OCCCc1ccccc1. The Balaban J connectivity index is 1.49. The minimum Gasteiger partial charge on any atom is -0.466 e. The van der Waals surface area contributed by atoms with Crippen molar-refractivity contribution in [1.82, 2.24) is 15.5 Å². The molecule has 1 fully saturated rings. The molecule has 2 amide bonds. The lowest BCUT2D eigenvalue weighted by molar-refractivity contribution is -0.147. The van der Waals surface area contributed by atoms with E-state index in [0.717, 1.165) is 6.42 Å². The number of amides is 2. The summed E-state index contributed by atoms with van der Waals surface area (Å²) in [6.45, 7) is 0.995. The van der Waals surface area contributed by atoms with E-state index >= 15 is 0 Å². The first-order valence-electron chi connectivity index (χ1n) is 9.67. The molecule has 1 aliphatic rings. The molecule has 1 aromatic heterocycles. The van der Waals surface area contributed by atoms with E-state index in [1.54, 1.807) is 6.07 Å². The summed E-state index contributed by atoms with van der Waals surface area (Å²) in [6, 6.07) is 12.2. The van der Waals surface area contributed by atoms with E-state index in [0.29, 0.717) is 19.5 Å². The first-order chi connectivity index (χ1) is 14.5. The molecule has 2 heterocycles. The van der Waals surface area contributed by atoms with E-state index in [2.05, 4.69) is 10.6 Å². The maximum atomic E-state index is 12.3. The minimum absolute atomic E-state index is 0.0631. The number of carbonyl (C=O) groups is 3. The molecule has 30 heavy (non-hydrogen) atoms. The zero-order chi connectivity index (χ0) is 21.3. The summed E-state index contributed by atoms with van der Waals surface area (Å²) in [7, 11) is 0. The van der Waals surface area contributed by atoms with Crippen molar-refractivity contribution in [2.45, 2.75) is 25.3 Å². The summed E-state index contributed by atoms with van der Waals surface area (Å²) >= 11 is 5.29. The van der Waals surface area contributed by atoms with Gasteiger partial charge in [0.1, 0.15) is 6.04 Å². The first-order valence-corrected chi connectivity index (χ1v) is 10.1. The number of nitrogens with zero attached hydrogens (tertiary/aromatic N) is 1. The third kappa shape index (κ3) is 5.90. The summed E-state index contributed by atoms with van der Waals surface area (Å²) in [6.07, 6.45) is 2.71. The molecule has 2 N–H and O–H groups in total. The van der Waals surface area contributed by atoms with Crippen LogP contribution in [0.25, 0.3) is 0 Å². The third-order valence-electron chi connectivity index (χ3n) is 4.63. The molecule has 1 saturated heterocycles. The fraction of sp³-hybridized carbons (Fsp3) is 0.333. The Bertz CT molecular complexity index is 885. The summed E-state index contributed by atoms with van der Waals surface area (Å²) < 4.78 is 10.3. The van der Waals surface area contributed by atoms with Crippen molar-refractivity contribution >= 4 is 35.1 Å². The molecule has 0 spiro atoms. The smallest absolute Gasteiger partial charge is 0.308 e. The lowest BCUT2D eigenvalue weighted by Gasteiger charge is -2.36. The van der Waals surface area contributed by atoms with Gasteiger partial charge in [-0.05, 0) is 42.8 Å². The van der Waals surface area contributed by atoms with E-state index in [4.69, 9.17) is 21.4 Å². The fourth-order valence-corrected chi connectivity index (χ4v) is 3.43. The highest BCUT2D eigenvalue weighted by molar-refractivity contribution is 7.80. The molecule has 2 aromatic rings. The van der Waals surface area contributed by atoms with Gasteiger partial charge in [-0.2, -0.15) is 0 Å². The molecular weight excluding hydrogens is 406 g/mol. The first kappa shape index (κ1) is 21.5. The van der Waals surface area contributed by atoms with Gasteiger partial charge in [-0.3, -0.25) is 19.7 Å². The van der Waals surface area contributed by atoms with E-state index in [9.17, 15) is 14.4 Å². The van der Waals surface area contributed by atoms with Gasteiger partial charge in [0.05, 0.1) is 19.3 Å². The van der Waals surface area contributed by atoms with Gasteiger partial charge in [0, 0.05) is 13.1 Å². The van der Waals surface area contributed by atoms with E-state index in [1.807, 2.05) is 30.3 Å². The Hall–Kier alpha value is -3.20. The Morgan fingerprint density at radius 1 is 1.23 bits per heavy atom. The Kier molecular flexibility index (Phi) is 7.56. The third-order valence-corrected chi connectivity index (χ3v) is 4.97. The van der Waals surface area contributed by atoms with Gasteiger partial charge < -0.3 is 19.4 Å². The summed E-state index contributed by atoms with van der Waals surface area (Å²) in [5, 5.41) is 5.31. The summed E-state index contributed by atoms with van der Waals surface area (Å²) in [5.41, 5.74) is 1.17. The van der Waals surface area contributed by atoms with Gasteiger partial charge in [-0.15, -0.1) is 0 Å². The Labute approximate surface area is 179 Å². The van der Waals surface area contributed by atoms with Crippen molar-refractivity contribution in [3.05, 3.63) is 60.1 Å². The Morgan fingerprint density at radius 2 is 2.03 bits per heavy atom. The van der Waals surface area contributed by atoms with Crippen LogP contribution >= 0.6 is 12.2 Å². The second kappa shape index (κ2) is 10.5. The van der Waals surface area contributed by atoms with Crippen LogP contribution in [0.3, 0.4) is 0 Å². The van der Waals surface area contributed by atoms with E-state index in [1.165, 1.54) is 22.8 Å². The highest BCUT2D eigenvalue weighted by Gasteiger charge is 2.34. The van der Waals surface area contributed by atoms with Gasteiger partial charge in [0.15, 0.2) is 10.9 Å². The second-order valence-corrected chi connectivity index (χ2v) is 7.14. The largest absolute Gasteiger partial charge is 0.466 e. The highest BCUT2D eigenvalue weighted by Crippen LogP contribution is 2.12. The van der Waals surface area contributed by atoms with Crippen LogP contribution in [0.5, 0.6) is 0 Å². The monoisotopic (exact) mass is 429 g/mol. The lowest BCUT2D eigenvalue weighted by atomic mass is 10.1. The van der Waals surface area contributed by atoms with Gasteiger partial charge >= 0.3 is 5.97 Å². The molecule has 158 valence electrons. The quantitative estimate of drug-likeness (QED) is 0.392. The van der Waals surface area contributed by atoms with Crippen LogP contribution in [0.2, 0.25) is 0 Å². The zero-order valence-electron chi connectivity index (χ0n) is 16.3. The van der Waals surface area contributed by atoms with Crippen molar-refractivity contribution < 1.29 is 23.5 Å². The van der Waals surface area contributed by atoms with Crippen molar-refractivity contribution in [1.29, 1.82) is 0 Å². The van der Waals surface area contributed by atoms with Crippen LogP contribution in [0.4, 0.5) is 0 Å². The minimum atomic E-state index is -0.843. The number of piperazine rings is 1. The molecule has 0 saturated carbocycles. The van der Waals surface area contributed by atoms with Crippen LogP contribution in [-0.2, 0) is 20.7 Å². The number of esters is 1. The van der Waals surface area contributed by atoms with Crippen LogP contribution in [-0.4, -0.2) is 53.5 Å². The summed E-state index contributed by atoms with van der Waals surface area (Å²) in [5.74, 6) is -1.24. The maximum absolute atomic E-state index is 12.3. The number of rotatable bonds is 7. The molecule has 0 radical (unpaired) electrons. The highest BCUT2D eigenvalue weighted by atomic mass is 32.1. The topological polar surface area (TPSA) is 101 Å². The number of carbonyl (C=O) groups excluding carboxylic acids is 3. The number of benzene rings is 1. The number of hydrogen-bond donors (Lipinski definition) is 2. The van der Waals surface area contributed by atoms with Crippen molar-refractivity contribution in [3.63, 3.8) is 0 Å². The molecule has 8 nitrogen and oxygen atoms in total.